The molecule has 2 aromatic rings. The minimum Gasteiger partial charge on any atom is -0.493 e. The van der Waals surface area contributed by atoms with Crippen molar-refractivity contribution in [3.63, 3.8) is 0 Å². The molecule has 154 valence electrons. The van der Waals surface area contributed by atoms with E-state index in [9.17, 15) is 9.59 Å². The molecule has 1 saturated carbocycles. The molecule has 0 spiro atoms. The summed E-state index contributed by atoms with van der Waals surface area (Å²) in [6.45, 7) is 1.11. The van der Waals surface area contributed by atoms with Crippen molar-refractivity contribution in [3.8, 4) is 11.5 Å². The first-order chi connectivity index (χ1) is 14.1. The SMILES string of the molecule is COc1ccc(CCNC(=O)C2CC2C(=O)NCCc2ccccc2)cc1OC. The molecule has 2 aromatic carbocycles. The predicted octanol–water partition coefficient (Wildman–Crippen LogP) is 2.36. The summed E-state index contributed by atoms with van der Waals surface area (Å²) in [4.78, 5) is 24.5. The molecule has 29 heavy (non-hydrogen) atoms. The van der Waals surface area contributed by atoms with Crippen molar-refractivity contribution in [1.29, 1.82) is 0 Å². The van der Waals surface area contributed by atoms with Crippen LogP contribution in [0.5, 0.6) is 11.5 Å². The highest BCUT2D eigenvalue weighted by molar-refractivity contribution is 5.92. The summed E-state index contributed by atoms with van der Waals surface area (Å²) in [5.41, 5.74) is 2.24. The molecule has 1 aliphatic rings. The van der Waals surface area contributed by atoms with E-state index in [4.69, 9.17) is 9.47 Å². The molecule has 2 N–H and O–H groups in total. The Hall–Kier alpha value is -3.02. The number of carbonyl (C=O) groups excluding carboxylic acids is 2. The maximum Gasteiger partial charge on any atom is 0.223 e. The monoisotopic (exact) mass is 396 g/mol. The number of nitrogens with one attached hydrogen (secondary N) is 2. The van der Waals surface area contributed by atoms with Crippen molar-refractivity contribution < 1.29 is 19.1 Å². The summed E-state index contributed by atoms with van der Waals surface area (Å²) >= 11 is 0. The zero-order valence-electron chi connectivity index (χ0n) is 16.9. The summed E-state index contributed by atoms with van der Waals surface area (Å²) in [6.07, 6.45) is 2.10. The molecule has 2 amide bonds. The molecule has 0 bridgehead atoms. The highest BCUT2D eigenvalue weighted by Crippen LogP contribution is 2.38. The topological polar surface area (TPSA) is 76.7 Å². The fourth-order valence-corrected chi connectivity index (χ4v) is 3.38. The molecule has 1 aliphatic carbocycles. The molecule has 0 aliphatic heterocycles. The van der Waals surface area contributed by atoms with E-state index in [0.717, 1.165) is 12.0 Å². The van der Waals surface area contributed by atoms with Crippen molar-refractivity contribution in [2.24, 2.45) is 11.8 Å². The lowest BCUT2D eigenvalue weighted by molar-refractivity contribution is -0.127. The van der Waals surface area contributed by atoms with E-state index in [-0.39, 0.29) is 23.7 Å². The number of rotatable bonds is 10. The zero-order chi connectivity index (χ0) is 20.6. The fraction of sp³-hybridized carbons (Fsp3) is 0.391. The van der Waals surface area contributed by atoms with Gasteiger partial charge in [-0.3, -0.25) is 9.59 Å². The van der Waals surface area contributed by atoms with E-state index in [0.29, 0.717) is 37.4 Å². The first kappa shape index (κ1) is 20.7. The average molecular weight is 396 g/mol. The van der Waals surface area contributed by atoms with Gasteiger partial charge in [-0.2, -0.15) is 0 Å². The van der Waals surface area contributed by atoms with E-state index in [1.54, 1.807) is 14.2 Å². The minimum atomic E-state index is -0.211. The Bertz CT molecular complexity index is 838. The van der Waals surface area contributed by atoms with Crippen LogP contribution >= 0.6 is 0 Å². The number of ether oxygens (including phenoxy) is 2. The molecule has 0 saturated heterocycles. The van der Waals surface area contributed by atoms with Crippen LogP contribution in [-0.2, 0) is 22.4 Å². The summed E-state index contributed by atoms with van der Waals surface area (Å²) in [5, 5.41) is 5.87. The Morgan fingerprint density at radius 2 is 1.41 bits per heavy atom. The molecule has 0 aromatic heterocycles. The van der Waals surface area contributed by atoms with Crippen LogP contribution in [0.4, 0.5) is 0 Å². The first-order valence-corrected chi connectivity index (χ1v) is 9.92. The highest BCUT2D eigenvalue weighted by atomic mass is 16.5. The van der Waals surface area contributed by atoms with Gasteiger partial charge in [-0.25, -0.2) is 0 Å². The van der Waals surface area contributed by atoms with Crippen molar-refractivity contribution in [3.05, 3.63) is 59.7 Å². The number of amides is 2. The Labute approximate surface area is 171 Å². The van der Waals surface area contributed by atoms with E-state index in [1.807, 2.05) is 48.5 Å². The molecule has 2 unspecified atom stereocenters. The van der Waals surface area contributed by atoms with Crippen molar-refractivity contribution in [2.45, 2.75) is 19.3 Å². The fourth-order valence-electron chi connectivity index (χ4n) is 3.38. The number of carbonyl (C=O) groups is 2. The van der Waals surface area contributed by atoms with Gasteiger partial charge in [0.05, 0.1) is 26.1 Å². The van der Waals surface area contributed by atoms with Crippen molar-refractivity contribution in [2.75, 3.05) is 27.3 Å². The van der Waals surface area contributed by atoms with Crippen molar-refractivity contribution >= 4 is 11.8 Å². The zero-order valence-corrected chi connectivity index (χ0v) is 16.9. The Kier molecular flexibility index (Phi) is 7.11. The van der Waals surface area contributed by atoms with Gasteiger partial charge < -0.3 is 20.1 Å². The lowest BCUT2D eigenvalue weighted by Gasteiger charge is -2.10. The van der Waals surface area contributed by atoms with Crippen LogP contribution in [0.3, 0.4) is 0 Å². The second-order valence-electron chi connectivity index (χ2n) is 7.21. The smallest absolute Gasteiger partial charge is 0.223 e. The standard InChI is InChI=1S/C23H28N2O4/c1-28-20-9-8-17(14-21(20)29-2)11-13-25-23(27)19-15-18(19)22(26)24-12-10-16-6-4-3-5-7-16/h3-9,14,18-19H,10-13,15H2,1-2H3,(H,24,26)(H,25,27). The minimum absolute atomic E-state index is 0.0269. The van der Waals surface area contributed by atoms with Crippen LogP contribution in [-0.4, -0.2) is 39.1 Å². The van der Waals surface area contributed by atoms with E-state index < -0.39 is 0 Å². The molecule has 2 atom stereocenters. The lowest BCUT2D eigenvalue weighted by Crippen LogP contribution is -2.32. The highest BCUT2D eigenvalue weighted by Gasteiger charge is 2.47. The number of hydrogen-bond acceptors (Lipinski definition) is 4. The Morgan fingerprint density at radius 1 is 0.828 bits per heavy atom. The Balaban J connectivity index is 1.36. The third-order valence-electron chi connectivity index (χ3n) is 5.18. The van der Waals surface area contributed by atoms with Crippen molar-refractivity contribution in [1.82, 2.24) is 10.6 Å². The van der Waals surface area contributed by atoms with Crippen LogP contribution < -0.4 is 20.1 Å². The molecular formula is C23H28N2O4. The maximum atomic E-state index is 12.3. The molecule has 6 nitrogen and oxygen atoms in total. The van der Waals surface area contributed by atoms with Crippen LogP contribution in [0.1, 0.15) is 17.5 Å². The van der Waals surface area contributed by atoms with Gasteiger partial charge >= 0.3 is 0 Å². The van der Waals surface area contributed by atoms with Gasteiger partial charge in [-0.05, 0) is 42.5 Å². The summed E-state index contributed by atoms with van der Waals surface area (Å²) in [5.74, 6) is 0.865. The predicted molar refractivity (Wildman–Crippen MR) is 111 cm³/mol. The molecule has 0 heterocycles. The largest absolute Gasteiger partial charge is 0.493 e. The average Bonchev–Trinajstić information content (AvgIpc) is 3.55. The third kappa shape index (κ3) is 5.73. The molecule has 0 radical (unpaired) electrons. The van der Waals surface area contributed by atoms with Gasteiger partial charge in [0, 0.05) is 13.1 Å². The summed E-state index contributed by atoms with van der Waals surface area (Å²) in [6, 6.07) is 15.7. The van der Waals surface area contributed by atoms with Crippen LogP contribution in [0.15, 0.2) is 48.5 Å². The van der Waals surface area contributed by atoms with Crippen LogP contribution in [0.2, 0.25) is 0 Å². The summed E-state index contributed by atoms with van der Waals surface area (Å²) in [7, 11) is 3.20. The molecule has 3 rings (SSSR count). The van der Waals surface area contributed by atoms with Crippen LogP contribution in [0, 0.1) is 11.8 Å². The van der Waals surface area contributed by atoms with E-state index in [1.165, 1.54) is 5.56 Å². The maximum absolute atomic E-state index is 12.3. The molecule has 6 heteroatoms. The second kappa shape index (κ2) is 9.96. The van der Waals surface area contributed by atoms with Gasteiger partial charge in [-0.1, -0.05) is 36.4 Å². The van der Waals surface area contributed by atoms with E-state index in [2.05, 4.69) is 10.6 Å². The lowest BCUT2D eigenvalue weighted by atomic mass is 10.1. The number of methoxy groups -OCH3 is 2. The molecular weight excluding hydrogens is 368 g/mol. The summed E-state index contributed by atoms with van der Waals surface area (Å²) < 4.78 is 10.5. The van der Waals surface area contributed by atoms with Gasteiger partial charge in [0.2, 0.25) is 11.8 Å². The normalized spacial score (nSPS) is 17.3. The van der Waals surface area contributed by atoms with Gasteiger partial charge in [0.25, 0.3) is 0 Å². The Morgan fingerprint density at radius 3 is 2.00 bits per heavy atom. The van der Waals surface area contributed by atoms with Gasteiger partial charge in [0.15, 0.2) is 11.5 Å². The van der Waals surface area contributed by atoms with Gasteiger partial charge in [0.1, 0.15) is 0 Å². The van der Waals surface area contributed by atoms with E-state index >= 15 is 0 Å². The van der Waals surface area contributed by atoms with Gasteiger partial charge in [-0.15, -0.1) is 0 Å². The first-order valence-electron chi connectivity index (χ1n) is 9.92. The third-order valence-corrected chi connectivity index (χ3v) is 5.18. The number of hydrogen-bond donors (Lipinski definition) is 2. The quantitative estimate of drug-likeness (QED) is 0.646. The second-order valence-corrected chi connectivity index (χ2v) is 7.21. The molecule has 1 fully saturated rings. The number of benzene rings is 2. The van der Waals surface area contributed by atoms with Crippen LogP contribution in [0.25, 0.3) is 0 Å².